The number of aliphatic hydroxyl groups excluding tert-OH is 2. The van der Waals surface area contributed by atoms with E-state index in [0.29, 0.717) is 55.8 Å². The standard InChI is InChI=1S/C50H73N7O12.CH3FS/c1-11-38-50(7)43(57(48(63)69-50)23-16-15-22-56-27-36(53-54-56)34-20-17-21-35(51)24-34)32(5)52-26-29(2)25-49(6,64-10)44(30(3)40(58)31(4)45(61)67-38)68-47-42(60)39(55(8)9)41(59)37(66-47)28-65-46(62)33-18-13-12-14-19-33;1-3-2/h12-14,17-21,24,27,29-32,37-39,41-44,47,52,59-60H,11,15-16,22-23,25-26,28,51H2,1-10H3;1H3/t29-,30+,31-,32-,37?,38-,39?,41-,42?,43-,44-,47+,49-,50-;/m1./s1. The molecule has 0 spiro atoms. The molecule has 14 atom stereocenters. The predicted octanol–water partition coefficient (Wildman–Crippen LogP) is 5.33. The van der Waals surface area contributed by atoms with Crippen LogP contribution in [0.15, 0.2) is 60.8 Å². The van der Waals surface area contributed by atoms with E-state index in [1.165, 1.54) is 20.3 Å². The van der Waals surface area contributed by atoms with Crippen molar-refractivity contribution >= 4 is 41.7 Å². The Kier molecular flexibility index (Phi) is 21.0. The molecule has 0 bridgehead atoms. The number of rotatable bonds is 14. The lowest BCUT2D eigenvalue weighted by Crippen LogP contribution is -2.65. The van der Waals surface area contributed by atoms with Crippen molar-refractivity contribution in [1.29, 1.82) is 0 Å². The molecule has 72 heavy (non-hydrogen) atoms. The van der Waals surface area contributed by atoms with Gasteiger partial charge in [-0.1, -0.05) is 56.3 Å². The molecule has 1 amide bonds. The van der Waals surface area contributed by atoms with E-state index >= 15 is 0 Å². The van der Waals surface area contributed by atoms with Crippen LogP contribution < -0.4 is 11.1 Å². The number of halogens is 1. The molecule has 3 aromatic rings. The number of anilines is 1. The number of aliphatic hydroxyl groups is 2. The fourth-order valence-corrected chi connectivity index (χ4v) is 10.4. The number of amides is 1. The van der Waals surface area contributed by atoms with Crippen molar-refractivity contribution in [2.24, 2.45) is 17.8 Å². The number of carbonyl (C=O) groups is 4. The van der Waals surface area contributed by atoms with Crippen LogP contribution in [-0.4, -0.2) is 172 Å². The molecule has 4 heterocycles. The third-order valence-electron chi connectivity index (χ3n) is 14.2. The number of ketones is 1. The summed E-state index contributed by atoms with van der Waals surface area (Å²) in [7, 11) is 4.88. The summed E-state index contributed by atoms with van der Waals surface area (Å²) in [5.41, 5.74) is 5.95. The summed E-state index contributed by atoms with van der Waals surface area (Å²) in [4.78, 5) is 59.1. The second-order valence-electron chi connectivity index (χ2n) is 19.8. The number of nitrogen functional groups attached to an aromatic ring is 1. The molecule has 3 unspecified atom stereocenters. The number of nitrogens with zero attached hydrogens (tertiary/aromatic N) is 5. The highest BCUT2D eigenvalue weighted by Gasteiger charge is 2.59. The van der Waals surface area contributed by atoms with Gasteiger partial charge in [-0.05, 0) is 104 Å². The number of unbranched alkanes of at least 4 members (excludes halogenated alkanes) is 1. The van der Waals surface area contributed by atoms with Gasteiger partial charge in [0.25, 0.3) is 0 Å². The van der Waals surface area contributed by atoms with Gasteiger partial charge in [0.1, 0.15) is 42.6 Å². The Morgan fingerprint density at radius 2 is 1.71 bits per heavy atom. The summed E-state index contributed by atoms with van der Waals surface area (Å²) in [5.74, 6) is -4.42. The number of benzene rings is 2. The molecule has 1 aromatic heterocycles. The maximum atomic E-state index is 14.6. The van der Waals surface area contributed by atoms with Crippen molar-refractivity contribution < 1.29 is 61.7 Å². The molecule has 3 aliphatic heterocycles. The van der Waals surface area contributed by atoms with Gasteiger partial charge in [0.15, 0.2) is 17.7 Å². The number of cyclic esters (lactones) is 1. The topological polar surface area (TPSA) is 239 Å². The van der Waals surface area contributed by atoms with E-state index in [1.807, 2.05) is 58.2 Å². The van der Waals surface area contributed by atoms with E-state index < -0.39 is 95.7 Å². The Hall–Kier alpha value is -4.74. The quantitative estimate of drug-likeness (QED) is 0.0525. The van der Waals surface area contributed by atoms with Crippen molar-refractivity contribution in [3.8, 4) is 11.3 Å². The van der Waals surface area contributed by atoms with Crippen LogP contribution in [0.2, 0.25) is 0 Å². The van der Waals surface area contributed by atoms with Crippen molar-refractivity contribution in [2.75, 3.05) is 52.9 Å². The first kappa shape index (κ1) is 58.2. The fraction of sp³-hybridized carbons (Fsp3) is 0.647. The van der Waals surface area contributed by atoms with E-state index in [9.17, 15) is 33.3 Å². The molecule has 3 aliphatic rings. The normalized spacial score (nSPS) is 32.7. The van der Waals surface area contributed by atoms with Gasteiger partial charge in [0.05, 0.1) is 35.5 Å². The molecule has 5 N–H and O–H groups in total. The van der Waals surface area contributed by atoms with Crippen LogP contribution in [0.5, 0.6) is 0 Å². The minimum atomic E-state index is -1.44. The molecule has 3 saturated heterocycles. The number of ether oxygens (including phenoxy) is 6. The molecule has 0 saturated carbocycles. The molecule has 0 aliphatic carbocycles. The Morgan fingerprint density at radius 3 is 2.35 bits per heavy atom. The average molecular weight is 1030 g/mol. The van der Waals surface area contributed by atoms with Gasteiger partial charge in [-0.25, -0.2) is 9.59 Å². The van der Waals surface area contributed by atoms with Crippen LogP contribution in [0.25, 0.3) is 11.3 Å². The van der Waals surface area contributed by atoms with Gasteiger partial charge in [-0.15, -0.1) is 5.10 Å². The summed E-state index contributed by atoms with van der Waals surface area (Å²) in [6, 6.07) is 13.9. The number of esters is 2. The number of nitrogens with two attached hydrogens (primary N) is 1. The lowest BCUT2D eigenvalue weighted by molar-refractivity contribution is -0.319. The number of likely N-dealkylation sites (N-methyl/N-ethyl adjacent to an activating group) is 1. The highest BCUT2D eigenvalue weighted by atomic mass is 32.2. The number of Topliss-reactive ketones (excluding diaryl/α,β-unsaturated/α-hetero) is 1. The molecule has 0 radical (unpaired) electrons. The highest BCUT2D eigenvalue weighted by Crippen LogP contribution is 2.40. The molecular formula is C51H76FN7O12S. The highest BCUT2D eigenvalue weighted by molar-refractivity contribution is 7.93. The number of nitrogens with one attached hydrogen (secondary N) is 1. The van der Waals surface area contributed by atoms with Crippen LogP contribution >= 0.6 is 12.1 Å². The maximum absolute atomic E-state index is 14.6. The van der Waals surface area contributed by atoms with E-state index in [4.69, 9.17) is 34.2 Å². The van der Waals surface area contributed by atoms with Crippen LogP contribution in [0.3, 0.4) is 0 Å². The number of aromatic nitrogens is 3. The summed E-state index contributed by atoms with van der Waals surface area (Å²) < 4.78 is 49.2. The molecular weight excluding hydrogens is 954 g/mol. The average Bonchev–Trinajstić information content (AvgIpc) is 3.93. The zero-order chi connectivity index (χ0) is 53.1. The largest absolute Gasteiger partial charge is 0.459 e. The van der Waals surface area contributed by atoms with Crippen LogP contribution in [-0.2, 0) is 44.6 Å². The summed E-state index contributed by atoms with van der Waals surface area (Å²) in [6.45, 7) is 13.5. The van der Waals surface area contributed by atoms with E-state index in [2.05, 4.69) is 15.6 Å². The lowest BCUT2D eigenvalue weighted by Gasteiger charge is -2.48. The van der Waals surface area contributed by atoms with Crippen LogP contribution in [0, 0.1) is 17.8 Å². The minimum absolute atomic E-state index is 0.135. The van der Waals surface area contributed by atoms with Gasteiger partial charge < -0.3 is 54.6 Å². The molecule has 21 heteroatoms. The third kappa shape index (κ3) is 13.7. The monoisotopic (exact) mass is 1030 g/mol. The van der Waals surface area contributed by atoms with Crippen molar-refractivity contribution in [1.82, 2.24) is 30.1 Å². The Balaban J connectivity index is 0.00000313. The second kappa shape index (κ2) is 26.0. The second-order valence-corrected chi connectivity index (χ2v) is 20.1. The van der Waals surface area contributed by atoms with Gasteiger partial charge >= 0.3 is 18.0 Å². The summed E-state index contributed by atoms with van der Waals surface area (Å²) in [6.07, 6.45) is -2.77. The van der Waals surface area contributed by atoms with Gasteiger partial charge in [0, 0.05) is 61.8 Å². The smallest absolute Gasteiger partial charge is 0.410 e. The molecule has 3 fully saturated rings. The van der Waals surface area contributed by atoms with E-state index in [1.54, 1.807) is 72.8 Å². The SMILES string of the molecule is CC[C@H]1OC(=O)[C@H](C)C(=O)[C@H](C)[C@@H](O[C@@H]2OC(COC(=O)c3ccccc3)[C@@H](O)C(N(C)C)C2O)[C@](C)(OC)C[C@@H](C)CN[C@H](C)[C@H]2N(CCCCn3cc(-c4cccc(N)c4)nn3)C(=O)O[C@]12C.CSF. The third-order valence-corrected chi connectivity index (χ3v) is 14.2. The van der Waals surface area contributed by atoms with Crippen molar-refractivity contribution in [2.45, 2.75) is 147 Å². The van der Waals surface area contributed by atoms with Gasteiger partial charge in [0.2, 0.25) is 0 Å². The molecule has 6 rings (SSSR count). The zero-order valence-electron chi connectivity index (χ0n) is 43.4. The number of carbonyl (C=O) groups excluding carboxylic acids is 4. The molecule has 19 nitrogen and oxygen atoms in total. The number of methoxy groups -OCH3 is 1. The Morgan fingerprint density at radius 1 is 1.03 bits per heavy atom. The Bertz CT molecular complexity index is 2250. The number of aryl methyl sites for hydroxylation is 1. The lowest BCUT2D eigenvalue weighted by atomic mass is 9.78. The van der Waals surface area contributed by atoms with Gasteiger partial charge in [-0.3, -0.25) is 19.2 Å². The first-order valence-corrected chi connectivity index (χ1v) is 25.8. The van der Waals surface area contributed by atoms with Crippen LogP contribution in [0.4, 0.5) is 14.4 Å². The summed E-state index contributed by atoms with van der Waals surface area (Å²) >= 11 is 0.250. The summed E-state index contributed by atoms with van der Waals surface area (Å²) in [5, 5.41) is 35.5. The predicted molar refractivity (Wildman–Crippen MR) is 269 cm³/mol. The maximum Gasteiger partial charge on any atom is 0.410 e. The van der Waals surface area contributed by atoms with Crippen molar-refractivity contribution in [3.63, 3.8) is 0 Å². The fourth-order valence-electron chi connectivity index (χ4n) is 10.4. The Labute approximate surface area is 427 Å². The van der Waals surface area contributed by atoms with E-state index in [0.717, 1.165) is 5.56 Å². The van der Waals surface area contributed by atoms with Crippen LogP contribution in [0.1, 0.15) is 84.5 Å². The van der Waals surface area contributed by atoms with E-state index in [-0.39, 0.29) is 37.1 Å². The minimum Gasteiger partial charge on any atom is -0.459 e. The molecule has 400 valence electrons. The number of hydrogen-bond donors (Lipinski definition) is 4. The van der Waals surface area contributed by atoms with Crippen molar-refractivity contribution in [3.05, 3.63) is 66.4 Å². The number of hydrogen-bond acceptors (Lipinski definition) is 18. The molecule has 2 aromatic carbocycles. The van der Waals surface area contributed by atoms with Gasteiger partial charge in [-0.2, -0.15) is 3.89 Å². The first-order chi connectivity index (χ1) is 34.1. The zero-order valence-corrected chi connectivity index (χ0v) is 44.3. The first-order valence-electron chi connectivity index (χ1n) is 24.6. The number of fused-ring (bicyclic) bond motifs is 1.